The van der Waals surface area contributed by atoms with Crippen LogP contribution in [0, 0.1) is 10.8 Å². The third kappa shape index (κ3) is 3.70. The molecule has 4 aliphatic rings. The van der Waals surface area contributed by atoms with Gasteiger partial charge in [-0.05, 0) is 38.1 Å². The number of fused-ring (bicyclic) bond motifs is 4. The van der Waals surface area contributed by atoms with Crippen LogP contribution in [0.4, 0.5) is 0 Å². The van der Waals surface area contributed by atoms with Gasteiger partial charge in [0.15, 0.2) is 28.8 Å². The molecule has 0 unspecified atom stereocenters. The normalized spacial score (nSPS) is 25.3. The molecule has 9 heteroatoms. The number of amides is 2. The maximum absolute atomic E-state index is 13.7. The van der Waals surface area contributed by atoms with Gasteiger partial charge in [-0.2, -0.15) is 0 Å². The van der Waals surface area contributed by atoms with Crippen molar-refractivity contribution < 1.29 is 33.3 Å². The summed E-state index contributed by atoms with van der Waals surface area (Å²) >= 11 is 0. The van der Waals surface area contributed by atoms with Crippen LogP contribution >= 0.6 is 0 Å². The molecule has 0 spiro atoms. The lowest BCUT2D eigenvalue weighted by Crippen LogP contribution is -2.69. The van der Waals surface area contributed by atoms with E-state index in [0.29, 0.717) is 47.3 Å². The number of hydrogen-bond donors (Lipinski definition) is 0. The molecule has 38 heavy (non-hydrogen) atoms. The molecular weight excluding hydrogens is 488 g/mol. The van der Waals surface area contributed by atoms with Crippen LogP contribution in [-0.2, 0) is 17.6 Å². The Balaban J connectivity index is 1.27. The number of rotatable bonds is 4. The fourth-order valence-electron chi connectivity index (χ4n) is 6.66. The first-order valence-electron chi connectivity index (χ1n) is 13.0. The molecule has 2 amide bonds. The summed E-state index contributed by atoms with van der Waals surface area (Å²) in [5.74, 6) is 2.27. The molecule has 2 aromatic carbocycles. The summed E-state index contributed by atoms with van der Waals surface area (Å²) in [6, 6.07) is 7.16. The quantitative estimate of drug-likeness (QED) is 0.612. The van der Waals surface area contributed by atoms with E-state index in [4.69, 9.17) is 18.9 Å². The van der Waals surface area contributed by atoms with E-state index in [1.165, 1.54) is 0 Å². The molecule has 4 aliphatic heterocycles. The van der Waals surface area contributed by atoms with Gasteiger partial charge in [0.1, 0.15) is 0 Å². The monoisotopic (exact) mass is 520 g/mol. The number of benzene rings is 2. The van der Waals surface area contributed by atoms with Crippen molar-refractivity contribution in [2.75, 3.05) is 53.6 Å². The van der Waals surface area contributed by atoms with Gasteiger partial charge in [-0.15, -0.1) is 0 Å². The Morgan fingerprint density at radius 1 is 0.737 bits per heavy atom. The molecule has 0 aromatic heterocycles. The van der Waals surface area contributed by atoms with Gasteiger partial charge in [-0.3, -0.25) is 14.4 Å². The minimum absolute atomic E-state index is 0.0953. The first-order valence-corrected chi connectivity index (χ1v) is 13.0. The van der Waals surface area contributed by atoms with E-state index in [1.54, 1.807) is 36.2 Å². The Bertz CT molecular complexity index is 1250. The van der Waals surface area contributed by atoms with E-state index in [1.807, 2.05) is 26.0 Å². The van der Waals surface area contributed by atoms with Gasteiger partial charge in [0.05, 0.1) is 38.3 Å². The van der Waals surface area contributed by atoms with E-state index in [0.717, 1.165) is 24.0 Å². The summed E-state index contributed by atoms with van der Waals surface area (Å²) in [5.41, 5.74) is 1.17. The SMILES string of the molecule is COc1cc(C(=O)N2CC3(C)CN(C(=O)c4cc5c(c(OC)c4)OCC5)CC(C)(C2)C3=O)cc2c1OCC2. The number of ether oxygens (including phenoxy) is 4. The van der Waals surface area contributed by atoms with Gasteiger partial charge in [-0.1, -0.05) is 0 Å². The van der Waals surface area contributed by atoms with Gasteiger partial charge < -0.3 is 28.7 Å². The molecule has 2 bridgehead atoms. The molecule has 200 valence electrons. The Labute approximate surface area is 221 Å². The smallest absolute Gasteiger partial charge is 0.254 e. The Hall–Kier alpha value is -3.75. The largest absolute Gasteiger partial charge is 0.493 e. The topological polar surface area (TPSA) is 94.6 Å². The molecule has 0 N–H and O–H groups in total. The van der Waals surface area contributed by atoms with Gasteiger partial charge >= 0.3 is 0 Å². The first kappa shape index (κ1) is 24.6. The molecule has 0 atom stereocenters. The average Bonchev–Trinajstić information content (AvgIpc) is 3.57. The van der Waals surface area contributed by atoms with Crippen LogP contribution < -0.4 is 18.9 Å². The lowest BCUT2D eigenvalue weighted by molar-refractivity contribution is -0.153. The predicted octanol–water partition coefficient (Wildman–Crippen LogP) is 2.77. The number of piperidine rings is 2. The lowest BCUT2D eigenvalue weighted by Gasteiger charge is -2.55. The Kier molecular flexibility index (Phi) is 5.59. The molecule has 2 aromatic rings. The Morgan fingerprint density at radius 3 is 1.50 bits per heavy atom. The second-order valence-electron chi connectivity index (χ2n) is 11.3. The lowest BCUT2D eigenvalue weighted by atomic mass is 9.64. The van der Waals surface area contributed by atoms with Crippen molar-refractivity contribution in [1.82, 2.24) is 9.80 Å². The average molecular weight is 521 g/mol. The minimum atomic E-state index is -0.885. The molecule has 2 saturated heterocycles. The van der Waals surface area contributed by atoms with Crippen molar-refractivity contribution in [2.24, 2.45) is 10.8 Å². The predicted molar refractivity (Wildman–Crippen MR) is 137 cm³/mol. The van der Waals surface area contributed by atoms with E-state index in [9.17, 15) is 14.4 Å². The molecule has 6 rings (SSSR count). The van der Waals surface area contributed by atoms with E-state index < -0.39 is 10.8 Å². The van der Waals surface area contributed by atoms with E-state index in [2.05, 4.69) is 0 Å². The van der Waals surface area contributed by atoms with Crippen LogP contribution in [0.5, 0.6) is 23.0 Å². The van der Waals surface area contributed by atoms with Crippen LogP contribution in [0.3, 0.4) is 0 Å². The van der Waals surface area contributed by atoms with Crippen molar-refractivity contribution in [1.29, 1.82) is 0 Å². The molecule has 9 nitrogen and oxygen atoms in total. The highest BCUT2D eigenvalue weighted by molar-refractivity contribution is 6.01. The molecule has 0 saturated carbocycles. The van der Waals surface area contributed by atoms with Gasteiger partial charge in [0.25, 0.3) is 11.8 Å². The van der Waals surface area contributed by atoms with Crippen LogP contribution in [0.2, 0.25) is 0 Å². The van der Waals surface area contributed by atoms with Gasteiger partial charge in [0.2, 0.25) is 0 Å². The molecule has 0 aliphatic carbocycles. The van der Waals surface area contributed by atoms with Crippen molar-refractivity contribution in [3.8, 4) is 23.0 Å². The zero-order valence-corrected chi connectivity index (χ0v) is 22.2. The zero-order valence-electron chi connectivity index (χ0n) is 22.2. The van der Waals surface area contributed by atoms with Gasteiger partial charge in [-0.25, -0.2) is 0 Å². The van der Waals surface area contributed by atoms with E-state index >= 15 is 0 Å². The summed E-state index contributed by atoms with van der Waals surface area (Å²) in [6.07, 6.45) is 1.44. The van der Waals surface area contributed by atoms with Crippen molar-refractivity contribution in [3.05, 3.63) is 46.5 Å². The second kappa shape index (κ2) is 8.64. The summed E-state index contributed by atoms with van der Waals surface area (Å²) < 4.78 is 22.3. The fraction of sp³-hybridized carbons (Fsp3) is 0.483. The first-order chi connectivity index (χ1) is 18.2. The Morgan fingerprint density at radius 2 is 1.13 bits per heavy atom. The van der Waals surface area contributed by atoms with Crippen LogP contribution in [0.15, 0.2) is 24.3 Å². The van der Waals surface area contributed by atoms with Crippen molar-refractivity contribution >= 4 is 17.6 Å². The number of Topliss-reactive ketones (excluding diaryl/α,β-unsaturated/α-hetero) is 1. The molecule has 4 heterocycles. The number of carbonyl (C=O) groups is 3. The van der Waals surface area contributed by atoms with Crippen LogP contribution in [-0.4, -0.2) is 81.0 Å². The summed E-state index contributed by atoms with van der Waals surface area (Å²) in [6.45, 7) is 5.79. The number of likely N-dealkylation sites (tertiary alicyclic amines) is 2. The zero-order chi connectivity index (χ0) is 26.8. The van der Waals surface area contributed by atoms with E-state index in [-0.39, 0.29) is 43.8 Å². The van der Waals surface area contributed by atoms with Crippen molar-refractivity contribution in [2.45, 2.75) is 26.7 Å². The summed E-state index contributed by atoms with van der Waals surface area (Å²) in [5, 5.41) is 0. The van der Waals surface area contributed by atoms with Crippen LogP contribution in [0.1, 0.15) is 45.7 Å². The maximum atomic E-state index is 13.7. The highest BCUT2D eigenvalue weighted by Gasteiger charge is 2.57. The second-order valence-corrected chi connectivity index (χ2v) is 11.3. The number of nitrogens with zero attached hydrogens (tertiary/aromatic N) is 2. The number of methoxy groups -OCH3 is 2. The van der Waals surface area contributed by atoms with Crippen molar-refractivity contribution in [3.63, 3.8) is 0 Å². The third-order valence-electron chi connectivity index (χ3n) is 8.26. The molecule has 0 radical (unpaired) electrons. The summed E-state index contributed by atoms with van der Waals surface area (Å²) in [7, 11) is 3.12. The summed E-state index contributed by atoms with van der Waals surface area (Å²) in [4.78, 5) is 44.6. The van der Waals surface area contributed by atoms with Crippen LogP contribution in [0.25, 0.3) is 0 Å². The molecule has 2 fully saturated rings. The highest BCUT2D eigenvalue weighted by atomic mass is 16.5. The third-order valence-corrected chi connectivity index (χ3v) is 8.26. The van der Waals surface area contributed by atoms with Gasteiger partial charge in [0, 0.05) is 61.3 Å². The fourth-order valence-corrected chi connectivity index (χ4v) is 6.66. The molecular formula is C29H32N2O7. The standard InChI is InChI=1S/C29H32N2O7/c1-28-13-30(25(32)19-9-17-5-7-37-23(17)21(11-19)35-3)15-29(2,27(28)34)16-31(14-28)26(33)20-10-18-6-8-38-24(18)22(12-20)36-4/h9-12H,5-8,13-16H2,1-4H3. The highest BCUT2D eigenvalue weighted by Crippen LogP contribution is 2.45. The number of hydrogen-bond acceptors (Lipinski definition) is 7. The number of carbonyl (C=O) groups excluding carboxylic acids is 3. The maximum Gasteiger partial charge on any atom is 0.254 e. The minimum Gasteiger partial charge on any atom is -0.493 e. The number of ketones is 1.